The lowest BCUT2D eigenvalue weighted by molar-refractivity contribution is 0.618. The molecule has 0 amide bonds. The molecule has 12 heavy (non-hydrogen) atoms. The van der Waals surface area contributed by atoms with Gasteiger partial charge in [-0.1, -0.05) is 18.2 Å². The van der Waals surface area contributed by atoms with E-state index in [4.69, 9.17) is 0 Å². The van der Waals surface area contributed by atoms with Crippen LogP contribution >= 0.6 is 0 Å². The maximum absolute atomic E-state index is 12.3. The molecule has 0 unspecified atom stereocenters. The van der Waals surface area contributed by atoms with Crippen LogP contribution in [0.15, 0.2) is 24.3 Å². The fourth-order valence-electron chi connectivity index (χ4n) is 0.551. The molecule has 1 aromatic carbocycles. The van der Waals surface area contributed by atoms with Gasteiger partial charge in [-0.05, 0) is 32.4 Å². The van der Waals surface area contributed by atoms with Crippen LogP contribution in [0.2, 0.25) is 0 Å². The molecule has 0 bridgehead atoms. The topological polar surface area (TPSA) is 0 Å². The van der Waals surface area contributed by atoms with E-state index in [-0.39, 0.29) is 5.82 Å². The molecule has 0 atom stereocenters. The lowest BCUT2D eigenvalue weighted by Gasteiger charge is -1.89. The molecule has 1 aromatic rings. The van der Waals surface area contributed by atoms with Crippen molar-refractivity contribution in [3.8, 4) is 11.8 Å². The van der Waals surface area contributed by atoms with Crippen LogP contribution in [0.1, 0.15) is 19.4 Å². The summed E-state index contributed by atoms with van der Waals surface area (Å²) < 4.78 is 12.3. The molecule has 0 aromatic heterocycles. The Kier molecular flexibility index (Phi) is 5.73. The normalized spacial score (nSPS) is 7.33. The molecular weight excluding hydrogens is 151 g/mol. The number of rotatable bonds is 0. The summed E-state index contributed by atoms with van der Waals surface area (Å²) in [4.78, 5) is 0. The van der Waals surface area contributed by atoms with Crippen molar-refractivity contribution in [2.45, 2.75) is 20.8 Å². The maximum atomic E-state index is 12.3. The Morgan fingerprint density at radius 1 is 1.08 bits per heavy atom. The predicted octanol–water partition coefficient (Wildman–Crippen LogP) is 3.16. The second kappa shape index (κ2) is 6.42. The Morgan fingerprint density at radius 3 is 1.83 bits per heavy atom. The molecule has 1 rings (SSSR count). The van der Waals surface area contributed by atoms with Gasteiger partial charge in [-0.25, -0.2) is 4.39 Å². The second-order valence-electron chi connectivity index (χ2n) is 2.25. The van der Waals surface area contributed by atoms with Crippen molar-refractivity contribution in [3.05, 3.63) is 35.6 Å². The van der Waals surface area contributed by atoms with Crippen LogP contribution in [0.4, 0.5) is 4.39 Å². The summed E-state index contributed by atoms with van der Waals surface area (Å²) in [5.74, 6) is 5.23. The van der Waals surface area contributed by atoms with Gasteiger partial charge in [0.1, 0.15) is 5.82 Å². The van der Waals surface area contributed by atoms with Gasteiger partial charge < -0.3 is 0 Å². The van der Waals surface area contributed by atoms with Crippen LogP contribution in [0.3, 0.4) is 0 Å². The lowest BCUT2D eigenvalue weighted by atomic mass is 10.2. The summed E-state index contributed by atoms with van der Waals surface area (Å²) >= 11 is 0. The van der Waals surface area contributed by atoms with Gasteiger partial charge in [-0.15, -0.1) is 11.8 Å². The Morgan fingerprint density at radius 2 is 1.58 bits per heavy atom. The highest BCUT2D eigenvalue weighted by atomic mass is 19.1. The van der Waals surface area contributed by atoms with Gasteiger partial charge in [-0.3, -0.25) is 0 Å². The summed E-state index contributed by atoms with van der Waals surface area (Å²) in [6.45, 7) is 5.38. The molecule has 0 heterocycles. The van der Waals surface area contributed by atoms with E-state index in [2.05, 4.69) is 11.8 Å². The van der Waals surface area contributed by atoms with Crippen molar-refractivity contribution in [2.24, 2.45) is 0 Å². The highest BCUT2D eigenvalue weighted by molar-refractivity contribution is 5.14. The first kappa shape index (κ1) is 10.7. The Bertz CT molecular complexity index is 252. The van der Waals surface area contributed by atoms with Gasteiger partial charge in [0.2, 0.25) is 0 Å². The summed E-state index contributed by atoms with van der Waals surface area (Å²) in [6, 6.07) is 6.70. The van der Waals surface area contributed by atoms with Crippen molar-refractivity contribution in [3.63, 3.8) is 0 Å². The van der Waals surface area contributed by atoms with E-state index >= 15 is 0 Å². The maximum Gasteiger partial charge on any atom is 0.126 e. The van der Waals surface area contributed by atoms with Crippen LogP contribution < -0.4 is 0 Å². The van der Waals surface area contributed by atoms with Crippen LogP contribution in [0.5, 0.6) is 0 Å². The molecule has 0 saturated carbocycles. The van der Waals surface area contributed by atoms with Crippen LogP contribution in [-0.2, 0) is 0 Å². The summed E-state index contributed by atoms with van der Waals surface area (Å²) in [6.07, 6.45) is 0. The molecule has 0 aliphatic carbocycles. The number of hydrogen-bond donors (Lipinski definition) is 0. The molecule has 64 valence electrons. The van der Waals surface area contributed by atoms with E-state index in [9.17, 15) is 4.39 Å². The molecular formula is C11H13F. The first-order chi connectivity index (χ1) is 5.72. The smallest absolute Gasteiger partial charge is 0.126 e. The highest BCUT2D eigenvalue weighted by Crippen LogP contribution is 2.01. The molecule has 0 aliphatic heterocycles. The molecule has 0 fully saturated rings. The molecule has 0 spiro atoms. The van der Waals surface area contributed by atoms with Gasteiger partial charge in [-0.2, -0.15) is 0 Å². The number of benzene rings is 1. The molecule has 0 radical (unpaired) electrons. The predicted molar refractivity (Wildman–Crippen MR) is 50.3 cm³/mol. The van der Waals surface area contributed by atoms with E-state index in [1.807, 2.05) is 19.9 Å². The minimum Gasteiger partial charge on any atom is -0.207 e. The minimum absolute atomic E-state index is 0.132. The summed E-state index contributed by atoms with van der Waals surface area (Å²) in [5, 5.41) is 0. The zero-order chi connectivity index (χ0) is 9.40. The SMILES string of the molecule is CC#CC.Cc1ccccc1F. The first-order valence-electron chi connectivity index (χ1n) is 3.77. The monoisotopic (exact) mass is 164 g/mol. The fourth-order valence-corrected chi connectivity index (χ4v) is 0.551. The van der Waals surface area contributed by atoms with Gasteiger partial charge in [0.25, 0.3) is 0 Å². The van der Waals surface area contributed by atoms with Crippen molar-refractivity contribution in [1.29, 1.82) is 0 Å². The van der Waals surface area contributed by atoms with Crippen LogP contribution in [0.25, 0.3) is 0 Å². The van der Waals surface area contributed by atoms with E-state index in [1.165, 1.54) is 6.07 Å². The van der Waals surface area contributed by atoms with Gasteiger partial charge in [0.05, 0.1) is 0 Å². The highest BCUT2D eigenvalue weighted by Gasteiger charge is 1.88. The van der Waals surface area contributed by atoms with Crippen LogP contribution in [-0.4, -0.2) is 0 Å². The molecule has 0 aliphatic rings. The average Bonchev–Trinajstić information content (AvgIpc) is 2.11. The van der Waals surface area contributed by atoms with E-state index in [0.29, 0.717) is 5.56 Å². The third-order valence-electron chi connectivity index (χ3n) is 1.33. The zero-order valence-electron chi connectivity index (χ0n) is 7.69. The molecule has 0 saturated heterocycles. The van der Waals surface area contributed by atoms with Crippen LogP contribution in [0, 0.1) is 24.6 Å². The number of hydrogen-bond acceptors (Lipinski definition) is 0. The number of aryl methyl sites for hydroxylation is 1. The van der Waals surface area contributed by atoms with E-state index in [1.54, 1.807) is 19.1 Å². The van der Waals surface area contributed by atoms with Gasteiger partial charge >= 0.3 is 0 Å². The van der Waals surface area contributed by atoms with Crippen molar-refractivity contribution >= 4 is 0 Å². The molecule has 0 nitrogen and oxygen atoms in total. The fraction of sp³-hybridized carbons (Fsp3) is 0.273. The van der Waals surface area contributed by atoms with E-state index < -0.39 is 0 Å². The average molecular weight is 164 g/mol. The van der Waals surface area contributed by atoms with Crippen molar-refractivity contribution in [2.75, 3.05) is 0 Å². The standard InChI is InChI=1S/C7H7F.C4H6/c1-6-4-2-3-5-7(6)8;1-3-4-2/h2-5H,1H3;1-2H3. The molecule has 0 N–H and O–H groups in total. The molecule has 1 heteroatoms. The quantitative estimate of drug-likeness (QED) is 0.517. The van der Waals surface area contributed by atoms with Crippen molar-refractivity contribution < 1.29 is 4.39 Å². The first-order valence-corrected chi connectivity index (χ1v) is 3.77. The zero-order valence-corrected chi connectivity index (χ0v) is 7.69. The Hall–Kier alpha value is -1.29. The lowest BCUT2D eigenvalue weighted by Crippen LogP contribution is -1.76. The number of halogens is 1. The largest absolute Gasteiger partial charge is 0.207 e. The van der Waals surface area contributed by atoms with Crippen molar-refractivity contribution in [1.82, 2.24) is 0 Å². The third-order valence-corrected chi connectivity index (χ3v) is 1.33. The minimum atomic E-state index is -0.132. The third kappa shape index (κ3) is 4.51. The van der Waals surface area contributed by atoms with Gasteiger partial charge in [0.15, 0.2) is 0 Å². The summed E-state index contributed by atoms with van der Waals surface area (Å²) in [5.41, 5.74) is 0.701. The Labute approximate surface area is 73.4 Å². The summed E-state index contributed by atoms with van der Waals surface area (Å²) in [7, 11) is 0. The second-order valence-corrected chi connectivity index (χ2v) is 2.25. The van der Waals surface area contributed by atoms with Gasteiger partial charge in [0, 0.05) is 0 Å². The van der Waals surface area contributed by atoms with E-state index in [0.717, 1.165) is 0 Å². The Balaban J connectivity index is 0.000000261.